The summed E-state index contributed by atoms with van der Waals surface area (Å²) < 4.78 is 6.69. The minimum atomic E-state index is -0.216. The summed E-state index contributed by atoms with van der Waals surface area (Å²) in [5.41, 5.74) is 4.15. The first-order chi connectivity index (χ1) is 11.5. The molecule has 0 unspecified atom stereocenters. The van der Waals surface area contributed by atoms with Crippen molar-refractivity contribution in [2.75, 3.05) is 18.5 Å². The van der Waals surface area contributed by atoms with E-state index in [2.05, 4.69) is 26.6 Å². The molecule has 0 radical (unpaired) electrons. The average molecular weight is 391 g/mol. The highest BCUT2D eigenvalue weighted by Gasteiger charge is 2.06. The molecule has 0 heterocycles. The average Bonchev–Trinajstić information content (AvgIpc) is 2.52. The van der Waals surface area contributed by atoms with Crippen LogP contribution in [0.15, 0.2) is 40.9 Å². The number of anilines is 1. The Morgan fingerprint density at radius 2 is 1.83 bits per heavy atom. The predicted octanol–water partition coefficient (Wildman–Crippen LogP) is 4.96. The van der Waals surface area contributed by atoms with Crippen LogP contribution in [-0.2, 0) is 0 Å². The first-order valence-electron chi connectivity index (χ1n) is 7.97. The van der Waals surface area contributed by atoms with Crippen molar-refractivity contribution in [3.8, 4) is 5.75 Å². The van der Waals surface area contributed by atoms with Crippen LogP contribution in [0.1, 0.15) is 23.1 Å². The molecule has 2 amide bonds. The van der Waals surface area contributed by atoms with Crippen LogP contribution in [-0.4, -0.2) is 19.2 Å². The normalized spacial score (nSPS) is 10.3. The van der Waals surface area contributed by atoms with E-state index in [1.165, 1.54) is 0 Å². The van der Waals surface area contributed by atoms with Crippen LogP contribution < -0.4 is 15.4 Å². The highest BCUT2D eigenvalue weighted by Crippen LogP contribution is 2.23. The molecule has 0 saturated heterocycles. The van der Waals surface area contributed by atoms with Crippen molar-refractivity contribution in [1.82, 2.24) is 5.32 Å². The van der Waals surface area contributed by atoms with E-state index >= 15 is 0 Å². The quantitative estimate of drug-likeness (QED) is 0.684. The van der Waals surface area contributed by atoms with Crippen LogP contribution in [0, 0.1) is 20.8 Å². The van der Waals surface area contributed by atoms with E-state index < -0.39 is 0 Å². The van der Waals surface area contributed by atoms with Crippen LogP contribution in [0.4, 0.5) is 10.5 Å². The lowest BCUT2D eigenvalue weighted by atomic mass is 10.1. The van der Waals surface area contributed by atoms with Crippen molar-refractivity contribution in [3.05, 3.63) is 57.6 Å². The van der Waals surface area contributed by atoms with Gasteiger partial charge in [-0.25, -0.2) is 4.79 Å². The van der Waals surface area contributed by atoms with E-state index in [1.54, 1.807) is 0 Å². The van der Waals surface area contributed by atoms with Gasteiger partial charge in [-0.1, -0.05) is 24.3 Å². The zero-order chi connectivity index (χ0) is 17.5. The van der Waals surface area contributed by atoms with Gasteiger partial charge in [0.1, 0.15) is 5.75 Å². The fraction of sp³-hybridized carbons (Fsp3) is 0.316. The second-order valence-corrected chi connectivity index (χ2v) is 6.64. The number of urea groups is 1. The number of hydrogen-bond acceptors (Lipinski definition) is 2. The molecule has 0 fully saturated rings. The van der Waals surface area contributed by atoms with E-state index in [0.717, 1.165) is 39.0 Å². The number of aryl methyl sites for hydroxylation is 3. The Hall–Kier alpha value is -2.01. The third kappa shape index (κ3) is 5.27. The highest BCUT2D eigenvalue weighted by molar-refractivity contribution is 9.10. The Morgan fingerprint density at radius 3 is 2.50 bits per heavy atom. The van der Waals surface area contributed by atoms with E-state index in [4.69, 9.17) is 4.74 Å². The lowest BCUT2D eigenvalue weighted by Crippen LogP contribution is -2.30. The minimum Gasteiger partial charge on any atom is -0.493 e. The Bertz CT molecular complexity index is 696. The number of amides is 2. The number of rotatable bonds is 6. The lowest BCUT2D eigenvalue weighted by molar-refractivity contribution is 0.250. The van der Waals surface area contributed by atoms with Gasteiger partial charge in [0.25, 0.3) is 0 Å². The van der Waals surface area contributed by atoms with Crippen molar-refractivity contribution >= 4 is 27.6 Å². The summed E-state index contributed by atoms with van der Waals surface area (Å²) in [5, 5.41) is 5.66. The Morgan fingerprint density at radius 1 is 1.12 bits per heavy atom. The van der Waals surface area contributed by atoms with E-state index in [9.17, 15) is 4.79 Å². The molecule has 4 nitrogen and oxygen atoms in total. The maximum atomic E-state index is 11.9. The van der Waals surface area contributed by atoms with Gasteiger partial charge in [-0.05, 0) is 71.9 Å². The standard InChI is InChI=1S/C19H23BrN2O2/c1-13-8-9-17(16(20)12-13)22-19(23)21-10-5-11-24-18-14(2)6-4-7-15(18)3/h4,6-9,12H,5,10-11H2,1-3H3,(H2,21,22,23). The zero-order valence-corrected chi connectivity index (χ0v) is 15.9. The third-order valence-electron chi connectivity index (χ3n) is 3.63. The molecule has 2 N–H and O–H groups in total. The number of benzene rings is 2. The smallest absolute Gasteiger partial charge is 0.319 e. The molecule has 0 atom stereocenters. The first-order valence-corrected chi connectivity index (χ1v) is 8.76. The van der Waals surface area contributed by atoms with Crippen LogP contribution in [0.2, 0.25) is 0 Å². The van der Waals surface area contributed by atoms with Gasteiger partial charge < -0.3 is 15.4 Å². The topological polar surface area (TPSA) is 50.4 Å². The Labute approximate surface area is 151 Å². The van der Waals surface area contributed by atoms with Crippen molar-refractivity contribution in [2.24, 2.45) is 0 Å². The Balaban J connectivity index is 1.71. The number of hydrogen-bond donors (Lipinski definition) is 2. The fourth-order valence-electron chi connectivity index (χ4n) is 2.36. The summed E-state index contributed by atoms with van der Waals surface area (Å²) in [7, 11) is 0. The molecule has 0 spiro atoms. The van der Waals surface area contributed by atoms with Crippen molar-refractivity contribution < 1.29 is 9.53 Å². The molecule has 24 heavy (non-hydrogen) atoms. The summed E-state index contributed by atoms with van der Waals surface area (Å²) in [5.74, 6) is 0.936. The van der Waals surface area contributed by atoms with E-state index in [0.29, 0.717) is 13.2 Å². The van der Waals surface area contributed by atoms with Gasteiger partial charge in [0.15, 0.2) is 0 Å². The van der Waals surface area contributed by atoms with Crippen molar-refractivity contribution in [2.45, 2.75) is 27.2 Å². The van der Waals surface area contributed by atoms with Crippen LogP contribution in [0.5, 0.6) is 5.75 Å². The molecule has 0 aliphatic heterocycles. The zero-order valence-electron chi connectivity index (χ0n) is 14.3. The van der Waals surface area contributed by atoms with Gasteiger partial charge in [0.05, 0.1) is 12.3 Å². The predicted molar refractivity (Wildman–Crippen MR) is 102 cm³/mol. The summed E-state index contributed by atoms with van der Waals surface area (Å²) in [6, 6.07) is 11.7. The largest absolute Gasteiger partial charge is 0.493 e. The number of carbonyl (C=O) groups excluding carboxylic acids is 1. The van der Waals surface area contributed by atoms with Crippen LogP contribution >= 0.6 is 15.9 Å². The molecule has 0 saturated carbocycles. The number of ether oxygens (including phenoxy) is 1. The van der Waals surface area contributed by atoms with Gasteiger partial charge >= 0.3 is 6.03 Å². The second-order valence-electron chi connectivity index (χ2n) is 5.79. The van der Waals surface area contributed by atoms with Gasteiger partial charge in [0.2, 0.25) is 0 Å². The summed E-state index contributed by atoms with van der Waals surface area (Å²) in [6.45, 7) is 7.20. The number of carbonyl (C=O) groups is 1. The number of para-hydroxylation sites is 1. The first kappa shape index (κ1) is 18.3. The molecule has 2 aromatic carbocycles. The third-order valence-corrected chi connectivity index (χ3v) is 4.29. The summed E-state index contributed by atoms with van der Waals surface area (Å²) in [4.78, 5) is 11.9. The van der Waals surface area contributed by atoms with Crippen LogP contribution in [0.25, 0.3) is 0 Å². The fourth-order valence-corrected chi connectivity index (χ4v) is 2.96. The van der Waals surface area contributed by atoms with Crippen LogP contribution in [0.3, 0.4) is 0 Å². The lowest BCUT2D eigenvalue weighted by Gasteiger charge is -2.12. The molecule has 2 aromatic rings. The maximum Gasteiger partial charge on any atom is 0.319 e. The minimum absolute atomic E-state index is 0.216. The maximum absolute atomic E-state index is 11.9. The molecule has 0 aliphatic carbocycles. The molecule has 0 aromatic heterocycles. The molecule has 2 rings (SSSR count). The number of halogens is 1. The SMILES string of the molecule is Cc1ccc(NC(=O)NCCCOc2c(C)cccc2C)c(Br)c1. The molecular formula is C19H23BrN2O2. The van der Waals surface area contributed by atoms with Gasteiger partial charge in [-0.3, -0.25) is 0 Å². The monoisotopic (exact) mass is 390 g/mol. The molecule has 5 heteroatoms. The van der Waals surface area contributed by atoms with Crippen molar-refractivity contribution in [1.29, 1.82) is 0 Å². The van der Waals surface area contributed by atoms with Gasteiger partial charge in [0, 0.05) is 11.0 Å². The Kier molecular flexibility index (Phi) is 6.67. The molecule has 128 valence electrons. The van der Waals surface area contributed by atoms with E-state index in [1.807, 2.05) is 57.2 Å². The second kappa shape index (κ2) is 8.73. The molecule has 0 bridgehead atoms. The molecule has 0 aliphatic rings. The molecular weight excluding hydrogens is 368 g/mol. The number of nitrogens with one attached hydrogen (secondary N) is 2. The van der Waals surface area contributed by atoms with E-state index in [-0.39, 0.29) is 6.03 Å². The highest BCUT2D eigenvalue weighted by atomic mass is 79.9. The van der Waals surface area contributed by atoms with Crippen molar-refractivity contribution in [3.63, 3.8) is 0 Å². The van der Waals surface area contributed by atoms with Gasteiger partial charge in [-0.15, -0.1) is 0 Å². The summed E-state index contributed by atoms with van der Waals surface area (Å²) >= 11 is 3.45. The summed E-state index contributed by atoms with van der Waals surface area (Å²) in [6.07, 6.45) is 0.746. The van der Waals surface area contributed by atoms with Gasteiger partial charge in [-0.2, -0.15) is 0 Å².